The lowest BCUT2D eigenvalue weighted by atomic mass is 10.3. The lowest BCUT2D eigenvalue weighted by Crippen LogP contribution is -2.31. The van der Waals surface area contributed by atoms with Gasteiger partial charge in [0.2, 0.25) is 0 Å². The summed E-state index contributed by atoms with van der Waals surface area (Å²) in [5, 5.41) is 0.115. The Morgan fingerprint density at radius 3 is 2.39 bits per heavy atom. The predicted molar refractivity (Wildman–Crippen MR) is 84.6 cm³/mol. The maximum atomic E-state index is 13.9. The number of sulfonamides is 1. The van der Waals surface area contributed by atoms with Crippen LogP contribution in [-0.4, -0.2) is 22.1 Å². The molecule has 0 radical (unpaired) electrons. The van der Waals surface area contributed by atoms with Crippen molar-refractivity contribution >= 4 is 27.3 Å². The molecular formula is C15H14ClF2NO3S. The van der Waals surface area contributed by atoms with Crippen molar-refractivity contribution in [1.29, 1.82) is 0 Å². The van der Waals surface area contributed by atoms with Gasteiger partial charge in [0.05, 0.1) is 22.7 Å². The van der Waals surface area contributed by atoms with Crippen LogP contribution < -0.4 is 9.04 Å². The van der Waals surface area contributed by atoms with Crippen molar-refractivity contribution in [3.8, 4) is 5.75 Å². The number of anilines is 1. The van der Waals surface area contributed by atoms with Crippen LogP contribution in [0.15, 0.2) is 41.3 Å². The van der Waals surface area contributed by atoms with E-state index >= 15 is 0 Å². The van der Waals surface area contributed by atoms with Crippen molar-refractivity contribution in [2.24, 2.45) is 0 Å². The Morgan fingerprint density at radius 1 is 1.17 bits per heavy atom. The van der Waals surface area contributed by atoms with Gasteiger partial charge in [-0.05, 0) is 37.3 Å². The number of rotatable bonds is 5. The molecule has 0 spiro atoms. The fourth-order valence-corrected chi connectivity index (χ4v) is 3.92. The molecular weight excluding hydrogens is 348 g/mol. The SMILES string of the molecule is CCN(c1ccc(F)cc1F)S(=O)(=O)c1ccc(OC)c(Cl)c1. The second-order valence-corrected chi connectivity index (χ2v) is 6.83. The minimum atomic E-state index is -4.06. The summed E-state index contributed by atoms with van der Waals surface area (Å²) in [5.74, 6) is -1.43. The van der Waals surface area contributed by atoms with Crippen LogP contribution >= 0.6 is 11.6 Å². The minimum Gasteiger partial charge on any atom is -0.495 e. The van der Waals surface area contributed by atoms with Gasteiger partial charge in [-0.3, -0.25) is 4.31 Å². The first-order valence-electron chi connectivity index (χ1n) is 6.62. The molecule has 23 heavy (non-hydrogen) atoms. The maximum Gasteiger partial charge on any atom is 0.264 e. The first kappa shape index (κ1) is 17.5. The van der Waals surface area contributed by atoms with Crippen LogP contribution in [0.3, 0.4) is 0 Å². The average molecular weight is 362 g/mol. The van der Waals surface area contributed by atoms with Gasteiger partial charge in [-0.25, -0.2) is 17.2 Å². The van der Waals surface area contributed by atoms with Crippen molar-refractivity contribution in [1.82, 2.24) is 0 Å². The Labute approximate surface area is 138 Å². The molecule has 0 amide bonds. The summed E-state index contributed by atoms with van der Waals surface area (Å²) in [6.45, 7) is 1.51. The fraction of sp³-hybridized carbons (Fsp3) is 0.200. The van der Waals surface area contributed by atoms with Crippen molar-refractivity contribution in [2.45, 2.75) is 11.8 Å². The highest BCUT2D eigenvalue weighted by atomic mass is 35.5. The second kappa shape index (κ2) is 6.72. The van der Waals surface area contributed by atoms with Gasteiger partial charge in [-0.15, -0.1) is 0 Å². The van der Waals surface area contributed by atoms with Gasteiger partial charge < -0.3 is 4.74 Å². The van der Waals surface area contributed by atoms with E-state index in [2.05, 4.69) is 0 Å². The molecule has 2 aromatic rings. The molecule has 0 fully saturated rings. The average Bonchev–Trinajstić information content (AvgIpc) is 2.49. The van der Waals surface area contributed by atoms with Crippen LogP contribution in [-0.2, 0) is 10.0 Å². The van der Waals surface area contributed by atoms with E-state index in [0.29, 0.717) is 11.8 Å². The summed E-state index contributed by atoms with van der Waals surface area (Å²) >= 11 is 5.95. The van der Waals surface area contributed by atoms with Gasteiger partial charge in [-0.1, -0.05) is 11.6 Å². The largest absolute Gasteiger partial charge is 0.495 e. The molecule has 0 aliphatic heterocycles. The molecule has 0 unspecified atom stereocenters. The van der Waals surface area contributed by atoms with Crippen molar-refractivity contribution in [2.75, 3.05) is 18.0 Å². The summed E-state index contributed by atoms with van der Waals surface area (Å²) in [5.41, 5.74) is -0.235. The zero-order valence-corrected chi connectivity index (χ0v) is 14.0. The van der Waals surface area contributed by atoms with E-state index in [1.54, 1.807) is 6.92 Å². The molecule has 0 heterocycles. The van der Waals surface area contributed by atoms with Gasteiger partial charge in [0, 0.05) is 12.6 Å². The summed E-state index contributed by atoms with van der Waals surface area (Å²) in [6.07, 6.45) is 0. The van der Waals surface area contributed by atoms with E-state index in [0.717, 1.165) is 16.4 Å². The number of ether oxygens (including phenoxy) is 1. The summed E-state index contributed by atoms with van der Waals surface area (Å²) < 4.78 is 58.2. The van der Waals surface area contributed by atoms with Crippen molar-refractivity contribution < 1.29 is 21.9 Å². The Kier molecular flexibility index (Phi) is 5.11. The fourth-order valence-electron chi connectivity index (χ4n) is 2.09. The molecule has 124 valence electrons. The molecule has 0 aliphatic carbocycles. The second-order valence-electron chi connectivity index (χ2n) is 4.56. The molecule has 2 aromatic carbocycles. The van der Waals surface area contributed by atoms with Gasteiger partial charge >= 0.3 is 0 Å². The van der Waals surface area contributed by atoms with Crippen LogP contribution in [0.25, 0.3) is 0 Å². The Hall–Kier alpha value is -1.86. The van der Waals surface area contributed by atoms with Crippen LogP contribution in [0.4, 0.5) is 14.5 Å². The van der Waals surface area contributed by atoms with E-state index in [1.165, 1.54) is 25.3 Å². The van der Waals surface area contributed by atoms with Gasteiger partial charge in [0.1, 0.15) is 17.4 Å². The van der Waals surface area contributed by atoms with E-state index in [4.69, 9.17) is 16.3 Å². The number of hydrogen-bond acceptors (Lipinski definition) is 3. The highest BCUT2D eigenvalue weighted by Gasteiger charge is 2.26. The van der Waals surface area contributed by atoms with Crippen LogP contribution in [0, 0.1) is 11.6 Å². The van der Waals surface area contributed by atoms with E-state index < -0.39 is 21.7 Å². The topological polar surface area (TPSA) is 46.6 Å². The molecule has 0 N–H and O–H groups in total. The summed E-state index contributed by atoms with van der Waals surface area (Å²) in [7, 11) is -2.65. The first-order valence-corrected chi connectivity index (χ1v) is 8.44. The van der Waals surface area contributed by atoms with Crippen LogP contribution in [0.2, 0.25) is 5.02 Å². The third-order valence-corrected chi connectivity index (χ3v) is 5.36. The van der Waals surface area contributed by atoms with Gasteiger partial charge in [0.15, 0.2) is 0 Å². The van der Waals surface area contributed by atoms with Crippen LogP contribution in [0.5, 0.6) is 5.75 Å². The minimum absolute atomic E-state index is 0.0332. The molecule has 0 saturated heterocycles. The van der Waals surface area contributed by atoms with Gasteiger partial charge in [0.25, 0.3) is 10.0 Å². The summed E-state index contributed by atoms with van der Waals surface area (Å²) in [4.78, 5) is -0.117. The van der Waals surface area contributed by atoms with E-state index in [-0.39, 0.29) is 22.2 Å². The molecule has 0 aliphatic rings. The zero-order valence-electron chi connectivity index (χ0n) is 12.4. The predicted octanol–water partition coefficient (Wildman–Crippen LogP) is 3.84. The normalized spacial score (nSPS) is 11.3. The molecule has 2 rings (SSSR count). The molecule has 0 aromatic heterocycles. The van der Waals surface area contributed by atoms with Gasteiger partial charge in [-0.2, -0.15) is 0 Å². The van der Waals surface area contributed by atoms with Crippen LogP contribution in [0.1, 0.15) is 6.92 Å². The maximum absolute atomic E-state index is 13.9. The highest BCUT2D eigenvalue weighted by molar-refractivity contribution is 7.92. The number of methoxy groups -OCH3 is 1. The van der Waals surface area contributed by atoms with Crippen molar-refractivity contribution in [3.63, 3.8) is 0 Å². The molecule has 8 heteroatoms. The lowest BCUT2D eigenvalue weighted by Gasteiger charge is -2.23. The van der Waals surface area contributed by atoms with Crippen molar-refractivity contribution in [3.05, 3.63) is 53.1 Å². The number of halogens is 3. The number of nitrogens with zero attached hydrogens (tertiary/aromatic N) is 1. The zero-order chi connectivity index (χ0) is 17.2. The monoisotopic (exact) mass is 361 g/mol. The Morgan fingerprint density at radius 2 is 1.87 bits per heavy atom. The lowest BCUT2D eigenvalue weighted by molar-refractivity contribution is 0.414. The molecule has 0 atom stereocenters. The first-order chi connectivity index (χ1) is 10.8. The molecule has 0 saturated carbocycles. The third kappa shape index (κ3) is 3.40. The molecule has 4 nitrogen and oxygen atoms in total. The Balaban J connectivity index is 2.53. The Bertz CT molecular complexity index is 827. The van der Waals surface area contributed by atoms with E-state index in [9.17, 15) is 17.2 Å². The quantitative estimate of drug-likeness (QED) is 0.812. The van der Waals surface area contributed by atoms with E-state index in [1.807, 2.05) is 0 Å². The highest BCUT2D eigenvalue weighted by Crippen LogP contribution is 2.31. The molecule has 0 bridgehead atoms. The third-order valence-electron chi connectivity index (χ3n) is 3.18. The smallest absolute Gasteiger partial charge is 0.264 e. The standard InChI is InChI=1S/C15H14ClF2NO3S/c1-3-19(14-6-4-10(17)8-13(14)18)23(20,21)11-5-7-15(22-2)12(16)9-11/h4-9H,3H2,1-2H3. The number of benzene rings is 2. The number of hydrogen-bond donors (Lipinski definition) is 0. The summed E-state index contributed by atoms with van der Waals surface area (Å²) in [6, 6.07) is 6.65.